The zero-order valence-corrected chi connectivity index (χ0v) is 12.3. The van der Waals surface area contributed by atoms with Crippen molar-refractivity contribution in [3.8, 4) is 0 Å². The van der Waals surface area contributed by atoms with Gasteiger partial charge in [0.15, 0.2) is 5.17 Å². The van der Waals surface area contributed by atoms with Crippen molar-refractivity contribution in [2.45, 2.75) is 51.2 Å². The number of aliphatic imine (C=N–C) groups is 1. The highest BCUT2D eigenvalue weighted by Gasteiger charge is 2.25. The van der Waals surface area contributed by atoms with Crippen molar-refractivity contribution in [2.24, 2.45) is 16.6 Å². The molecule has 0 spiro atoms. The first-order chi connectivity index (χ1) is 8.67. The third-order valence-corrected chi connectivity index (χ3v) is 4.71. The van der Waals surface area contributed by atoms with Crippen molar-refractivity contribution in [3.63, 3.8) is 0 Å². The van der Waals surface area contributed by atoms with E-state index in [0.717, 1.165) is 37.0 Å². The van der Waals surface area contributed by atoms with E-state index < -0.39 is 0 Å². The highest BCUT2D eigenvalue weighted by molar-refractivity contribution is 8.14. The zero-order valence-electron chi connectivity index (χ0n) is 11.4. The number of carbonyl (C=O) groups excluding carboxylic acids is 1. The molecule has 0 aromatic rings. The van der Waals surface area contributed by atoms with Crippen LogP contribution in [-0.4, -0.2) is 29.4 Å². The standard InChI is InChI=1S/C13H25N3OS/c1-3-10(4-2)11-9-16-13(18-11)15-8-6-5-7-12(14)17/h10-11H,3-9H2,1-2H3,(H2,14,17)(H,15,16). The van der Waals surface area contributed by atoms with Crippen molar-refractivity contribution in [3.05, 3.63) is 0 Å². The summed E-state index contributed by atoms with van der Waals surface area (Å²) in [5.41, 5.74) is 5.09. The van der Waals surface area contributed by atoms with E-state index in [9.17, 15) is 4.79 Å². The summed E-state index contributed by atoms with van der Waals surface area (Å²) in [5.74, 6) is 0.560. The van der Waals surface area contributed by atoms with Gasteiger partial charge in [-0.05, 0) is 18.8 Å². The quantitative estimate of drug-likeness (QED) is 0.665. The molecule has 1 atom stereocenters. The minimum absolute atomic E-state index is 0.212. The van der Waals surface area contributed by atoms with E-state index in [1.165, 1.54) is 12.8 Å². The molecule has 1 aliphatic heterocycles. The molecule has 0 aliphatic carbocycles. The second-order valence-corrected chi connectivity index (χ2v) is 5.96. The molecule has 0 aromatic heterocycles. The highest BCUT2D eigenvalue weighted by Crippen LogP contribution is 2.30. The normalized spacial score (nSPS) is 19.1. The molecule has 0 bridgehead atoms. The third kappa shape index (κ3) is 5.29. The Labute approximate surface area is 114 Å². The summed E-state index contributed by atoms with van der Waals surface area (Å²) >= 11 is 1.88. The van der Waals surface area contributed by atoms with Crippen molar-refractivity contribution >= 4 is 22.8 Å². The molecule has 1 unspecified atom stereocenters. The molecular formula is C13H25N3OS. The minimum atomic E-state index is -0.212. The van der Waals surface area contributed by atoms with Crippen LogP contribution < -0.4 is 11.1 Å². The van der Waals surface area contributed by atoms with Crippen LogP contribution in [0.5, 0.6) is 0 Å². The van der Waals surface area contributed by atoms with Gasteiger partial charge in [0.1, 0.15) is 0 Å². The van der Waals surface area contributed by atoms with Crippen molar-refractivity contribution in [1.82, 2.24) is 5.32 Å². The summed E-state index contributed by atoms with van der Waals surface area (Å²) in [6.45, 7) is 6.34. The first-order valence-corrected chi connectivity index (χ1v) is 7.78. The van der Waals surface area contributed by atoms with Crippen LogP contribution in [0.4, 0.5) is 0 Å². The molecule has 3 N–H and O–H groups in total. The SMILES string of the molecule is CCC(CC)C1CN=C(NCCCCC(N)=O)S1. The molecule has 0 saturated heterocycles. The Morgan fingerprint density at radius 3 is 2.83 bits per heavy atom. The number of rotatable bonds is 8. The van der Waals surface area contributed by atoms with Gasteiger partial charge in [0.05, 0.1) is 6.54 Å². The molecule has 4 nitrogen and oxygen atoms in total. The number of amides is 1. The van der Waals surface area contributed by atoms with Crippen LogP contribution in [0, 0.1) is 5.92 Å². The summed E-state index contributed by atoms with van der Waals surface area (Å²) in [6.07, 6.45) is 4.78. The minimum Gasteiger partial charge on any atom is -0.370 e. The molecule has 1 heterocycles. The number of carbonyl (C=O) groups is 1. The summed E-state index contributed by atoms with van der Waals surface area (Å²) in [7, 11) is 0. The molecule has 0 aromatic carbocycles. The van der Waals surface area contributed by atoms with Crippen molar-refractivity contribution in [1.29, 1.82) is 0 Å². The van der Waals surface area contributed by atoms with Crippen LogP contribution in [0.1, 0.15) is 46.0 Å². The molecular weight excluding hydrogens is 246 g/mol. The van der Waals surface area contributed by atoms with E-state index in [1.807, 2.05) is 11.8 Å². The van der Waals surface area contributed by atoms with Gasteiger partial charge >= 0.3 is 0 Å². The van der Waals surface area contributed by atoms with Gasteiger partial charge in [-0.25, -0.2) is 0 Å². The second-order valence-electron chi connectivity index (χ2n) is 4.73. The second kappa shape index (κ2) is 8.40. The lowest BCUT2D eigenvalue weighted by Gasteiger charge is -2.18. The van der Waals surface area contributed by atoms with Crippen LogP contribution in [0.2, 0.25) is 0 Å². The number of hydrogen-bond acceptors (Lipinski definition) is 4. The van der Waals surface area contributed by atoms with Gasteiger partial charge in [0.25, 0.3) is 0 Å². The van der Waals surface area contributed by atoms with Crippen LogP contribution >= 0.6 is 11.8 Å². The summed E-state index contributed by atoms with van der Waals surface area (Å²) in [6, 6.07) is 0. The largest absolute Gasteiger partial charge is 0.370 e. The summed E-state index contributed by atoms with van der Waals surface area (Å²) in [5, 5.41) is 5.07. The fourth-order valence-electron chi connectivity index (χ4n) is 2.17. The number of nitrogens with two attached hydrogens (primary N) is 1. The predicted octanol–water partition coefficient (Wildman–Crippen LogP) is 2.14. The zero-order chi connectivity index (χ0) is 13.4. The molecule has 5 heteroatoms. The number of hydrogen-bond donors (Lipinski definition) is 2. The van der Waals surface area contributed by atoms with Crippen LogP contribution in [0.25, 0.3) is 0 Å². The Morgan fingerprint density at radius 1 is 1.50 bits per heavy atom. The number of unbranched alkanes of at least 4 members (excludes halogenated alkanes) is 1. The first-order valence-electron chi connectivity index (χ1n) is 6.90. The highest BCUT2D eigenvalue weighted by atomic mass is 32.2. The summed E-state index contributed by atoms with van der Waals surface area (Å²) in [4.78, 5) is 15.1. The monoisotopic (exact) mass is 271 g/mol. The van der Waals surface area contributed by atoms with Gasteiger partial charge in [0.2, 0.25) is 5.91 Å². The number of thioether (sulfide) groups is 1. The molecule has 1 amide bonds. The average molecular weight is 271 g/mol. The van der Waals surface area contributed by atoms with Crippen molar-refractivity contribution in [2.75, 3.05) is 13.1 Å². The van der Waals surface area contributed by atoms with Crippen LogP contribution in [-0.2, 0) is 4.79 Å². The Balaban J connectivity index is 2.12. The Hall–Kier alpha value is -0.710. The van der Waals surface area contributed by atoms with Gasteiger partial charge in [-0.3, -0.25) is 9.79 Å². The number of nitrogens with zero attached hydrogens (tertiary/aromatic N) is 1. The third-order valence-electron chi connectivity index (χ3n) is 3.38. The molecule has 0 saturated carbocycles. The molecule has 1 rings (SSSR count). The number of primary amides is 1. The van der Waals surface area contributed by atoms with E-state index >= 15 is 0 Å². The Kier molecular flexibility index (Phi) is 7.16. The van der Waals surface area contributed by atoms with Gasteiger partial charge in [-0.15, -0.1) is 0 Å². The first kappa shape index (κ1) is 15.3. The lowest BCUT2D eigenvalue weighted by atomic mass is 9.99. The van der Waals surface area contributed by atoms with Gasteiger partial charge < -0.3 is 11.1 Å². The van der Waals surface area contributed by atoms with Crippen LogP contribution in [0.3, 0.4) is 0 Å². The molecule has 0 radical (unpaired) electrons. The number of nitrogens with one attached hydrogen (secondary N) is 1. The van der Waals surface area contributed by atoms with E-state index in [2.05, 4.69) is 24.2 Å². The Bertz CT molecular complexity index is 290. The van der Waals surface area contributed by atoms with Crippen LogP contribution in [0.15, 0.2) is 4.99 Å². The average Bonchev–Trinajstić information content (AvgIpc) is 2.79. The fraction of sp³-hybridized carbons (Fsp3) is 0.846. The molecule has 104 valence electrons. The predicted molar refractivity (Wildman–Crippen MR) is 78.8 cm³/mol. The fourth-order valence-corrected chi connectivity index (χ4v) is 3.52. The Morgan fingerprint density at radius 2 is 2.22 bits per heavy atom. The van der Waals surface area contributed by atoms with E-state index in [0.29, 0.717) is 11.7 Å². The molecule has 0 fully saturated rings. The van der Waals surface area contributed by atoms with Gasteiger partial charge in [0, 0.05) is 18.2 Å². The molecule has 18 heavy (non-hydrogen) atoms. The van der Waals surface area contributed by atoms with E-state index in [1.54, 1.807) is 0 Å². The van der Waals surface area contributed by atoms with E-state index in [4.69, 9.17) is 5.73 Å². The summed E-state index contributed by atoms with van der Waals surface area (Å²) < 4.78 is 0. The lowest BCUT2D eigenvalue weighted by molar-refractivity contribution is -0.118. The van der Waals surface area contributed by atoms with Gasteiger partial charge in [-0.1, -0.05) is 38.5 Å². The van der Waals surface area contributed by atoms with Crippen molar-refractivity contribution < 1.29 is 4.79 Å². The van der Waals surface area contributed by atoms with E-state index in [-0.39, 0.29) is 5.91 Å². The topological polar surface area (TPSA) is 67.5 Å². The van der Waals surface area contributed by atoms with Gasteiger partial charge in [-0.2, -0.15) is 0 Å². The smallest absolute Gasteiger partial charge is 0.217 e. The molecule has 1 aliphatic rings. The number of amidine groups is 1. The maximum atomic E-state index is 10.6. The maximum absolute atomic E-state index is 10.6. The lowest BCUT2D eigenvalue weighted by Crippen LogP contribution is -2.23. The maximum Gasteiger partial charge on any atom is 0.217 e.